The Balaban J connectivity index is 1.90. The van der Waals surface area contributed by atoms with Crippen LogP contribution in [0.25, 0.3) is 0 Å². The van der Waals surface area contributed by atoms with Gasteiger partial charge in [-0.15, -0.1) is 11.8 Å². The van der Waals surface area contributed by atoms with Crippen molar-refractivity contribution in [3.63, 3.8) is 0 Å². The second kappa shape index (κ2) is 6.65. The molecule has 0 saturated heterocycles. The molecule has 3 N–H and O–H groups in total. The third kappa shape index (κ3) is 3.66. The Kier molecular flexibility index (Phi) is 4.89. The summed E-state index contributed by atoms with van der Waals surface area (Å²) < 4.78 is 0. The number of carboxylic acids is 1. The standard InChI is InChI=1S/C14H18N2O3S/c1-20-10-7-5-9(6-8-10)15-14(19)16-12-4-2-3-11(12)13(17)18/h5-8,11-12H,2-4H2,1H3,(H,17,18)(H2,15,16,19). The lowest BCUT2D eigenvalue weighted by molar-refractivity contribution is -0.142. The molecule has 1 aromatic carbocycles. The number of carboxylic acid groups (broad SMARTS) is 1. The lowest BCUT2D eigenvalue weighted by Crippen LogP contribution is -2.42. The fourth-order valence-electron chi connectivity index (χ4n) is 2.44. The molecule has 1 aliphatic rings. The summed E-state index contributed by atoms with van der Waals surface area (Å²) in [5.74, 6) is -1.31. The van der Waals surface area contributed by atoms with Crippen molar-refractivity contribution in [3.05, 3.63) is 24.3 Å². The molecular weight excluding hydrogens is 276 g/mol. The first kappa shape index (κ1) is 14.7. The van der Waals surface area contributed by atoms with Crippen LogP contribution in [0.1, 0.15) is 19.3 Å². The van der Waals surface area contributed by atoms with Crippen LogP contribution in [0.3, 0.4) is 0 Å². The number of anilines is 1. The molecule has 5 nitrogen and oxygen atoms in total. The van der Waals surface area contributed by atoms with Gasteiger partial charge in [0.15, 0.2) is 0 Å². The largest absolute Gasteiger partial charge is 0.481 e. The number of amides is 2. The third-order valence-corrected chi connectivity index (χ3v) is 4.24. The van der Waals surface area contributed by atoms with Crippen molar-refractivity contribution in [3.8, 4) is 0 Å². The lowest BCUT2D eigenvalue weighted by Gasteiger charge is -2.18. The van der Waals surface area contributed by atoms with Gasteiger partial charge in [-0.05, 0) is 43.4 Å². The van der Waals surface area contributed by atoms with Crippen molar-refractivity contribution in [2.24, 2.45) is 5.92 Å². The summed E-state index contributed by atoms with van der Waals surface area (Å²) in [7, 11) is 0. The van der Waals surface area contributed by atoms with Crippen LogP contribution in [0.4, 0.5) is 10.5 Å². The van der Waals surface area contributed by atoms with Gasteiger partial charge in [0.2, 0.25) is 0 Å². The molecule has 1 fully saturated rings. The Hall–Kier alpha value is -1.69. The molecule has 1 saturated carbocycles. The van der Waals surface area contributed by atoms with Crippen molar-refractivity contribution in [1.82, 2.24) is 5.32 Å². The number of hydrogen-bond acceptors (Lipinski definition) is 3. The van der Waals surface area contributed by atoms with E-state index in [1.54, 1.807) is 11.8 Å². The van der Waals surface area contributed by atoms with Gasteiger partial charge in [0.1, 0.15) is 0 Å². The molecule has 0 heterocycles. The number of hydrogen-bond donors (Lipinski definition) is 3. The van der Waals surface area contributed by atoms with Crippen molar-refractivity contribution in [2.45, 2.75) is 30.2 Å². The Morgan fingerprint density at radius 3 is 2.55 bits per heavy atom. The summed E-state index contributed by atoms with van der Waals surface area (Å²) in [6.45, 7) is 0. The van der Waals surface area contributed by atoms with Gasteiger partial charge in [-0.25, -0.2) is 4.79 Å². The van der Waals surface area contributed by atoms with Crippen LogP contribution < -0.4 is 10.6 Å². The van der Waals surface area contributed by atoms with E-state index in [1.165, 1.54) is 0 Å². The minimum absolute atomic E-state index is 0.280. The molecule has 0 aromatic heterocycles. The van der Waals surface area contributed by atoms with Crippen LogP contribution in [-0.4, -0.2) is 29.4 Å². The van der Waals surface area contributed by atoms with Gasteiger partial charge in [-0.3, -0.25) is 4.79 Å². The average Bonchev–Trinajstić information content (AvgIpc) is 2.87. The van der Waals surface area contributed by atoms with E-state index in [1.807, 2.05) is 30.5 Å². The Morgan fingerprint density at radius 2 is 1.95 bits per heavy atom. The second-order valence-electron chi connectivity index (χ2n) is 4.81. The Labute approximate surface area is 122 Å². The topological polar surface area (TPSA) is 78.4 Å². The van der Waals surface area contributed by atoms with Gasteiger partial charge >= 0.3 is 12.0 Å². The number of nitrogens with one attached hydrogen (secondary N) is 2. The number of rotatable bonds is 4. The number of urea groups is 1. The maximum absolute atomic E-state index is 11.9. The lowest BCUT2D eigenvalue weighted by atomic mass is 10.0. The minimum Gasteiger partial charge on any atom is -0.481 e. The Bertz CT molecular complexity index is 490. The zero-order valence-corrected chi connectivity index (χ0v) is 12.1. The molecule has 2 atom stereocenters. The number of aliphatic carboxylic acids is 1. The van der Waals surface area contributed by atoms with Gasteiger partial charge in [-0.1, -0.05) is 6.42 Å². The summed E-state index contributed by atoms with van der Waals surface area (Å²) in [6, 6.07) is 6.88. The SMILES string of the molecule is CSc1ccc(NC(=O)NC2CCCC2C(=O)O)cc1. The average molecular weight is 294 g/mol. The summed E-state index contributed by atoms with van der Waals surface area (Å²) in [5, 5.41) is 14.5. The highest BCUT2D eigenvalue weighted by Crippen LogP contribution is 2.26. The van der Waals surface area contributed by atoms with Crippen LogP contribution in [0.5, 0.6) is 0 Å². The first-order valence-corrected chi connectivity index (χ1v) is 7.77. The third-order valence-electron chi connectivity index (χ3n) is 3.50. The van der Waals surface area contributed by atoms with Crippen LogP contribution in [-0.2, 0) is 4.79 Å². The number of carbonyl (C=O) groups excluding carboxylic acids is 1. The van der Waals surface area contributed by atoms with E-state index < -0.39 is 11.9 Å². The molecular formula is C14H18N2O3S. The maximum atomic E-state index is 11.9. The molecule has 20 heavy (non-hydrogen) atoms. The van der Waals surface area contributed by atoms with Gasteiger partial charge < -0.3 is 15.7 Å². The molecule has 0 bridgehead atoms. The van der Waals surface area contributed by atoms with E-state index in [0.717, 1.165) is 17.7 Å². The maximum Gasteiger partial charge on any atom is 0.319 e. The van der Waals surface area contributed by atoms with Crippen molar-refractivity contribution in [2.75, 3.05) is 11.6 Å². The molecule has 0 spiro atoms. The second-order valence-corrected chi connectivity index (χ2v) is 5.69. The molecule has 2 unspecified atom stereocenters. The predicted molar refractivity (Wildman–Crippen MR) is 79.1 cm³/mol. The van der Waals surface area contributed by atoms with E-state index in [0.29, 0.717) is 12.1 Å². The van der Waals surface area contributed by atoms with Gasteiger partial charge in [-0.2, -0.15) is 0 Å². The fourth-order valence-corrected chi connectivity index (χ4v) is 2.85. The van der Waals surface area contributed by atoms with E-state index in [-0.39, 0.29) is 12.1 Å². The van der Waals surface area contributed by atoms with Crippen LogP contribution in [0, 0.1) is 5.92 Å². The van der Waals surface area contributed by atoms with E-state index in [9.17, 15) is 9.59 Å². The summed E-state index contributed by atoms with van der Waals surface area (Å²) in [6.07, 6.45) is 4.17. The van der Waals surface area contributed by atoms with Gasteiger partial charge in [0, 0.05) is 16.6 Å². The highest BCUT2D eigenvalue weighted by atomic mass is 32.2. The minimum atomic E-state index is -0.836. The first-order chi connectivity index (χ1) is 9.60. The van der Waals surface area contributed by atoms with Crippen LogP contribution >= 0.6 is 11.8 Å². The number of benzene rings is 1. The predicted octanol–water partition coefficient (Wildman–Crippen LogP) is 2.78. The van der Waals surface area contributed by atoms with E-state index in [2.05, 4.69) is 10.6 Å². The van der Waals surface area contributed by atoms with E-state index >= 15 is 0 Å². The smallest absolute Gasteiger partial charge is 0.319 e. The van der Waals surface area contributed by atoms with Crippen molar-refractivity contribution in [1.29, 1.82) is 0 Å². The molecule has 2 amide bonds. The van der Waals surface area contributed by atoms with Gasteiger partial charge in [0.25, 0.3) is 0 Å². The number of thioether (sulfide) groups is 1. The summed E-state index contributed by atoms with van der Waals surface area (Å²) in [5.41, 5.74) is 0.699. The van der Waals surface area contributed by atoms with Crippen LogP contribution in [0.2, 0.25) is 0 Å². The summed E-state index contributed by atoms with van der Waals surface area (Å²) >= 11 is 1.63. The molecule has 6 heteroatoms. The number of carbonyl (C=O) groups is 2. The van der Waals surface area contributed by atoms with Crippen LogP contribution in [0.15, 0.2) is 29.2 Å². The molecule has 2 rings (SSSR count). The first-order valence-electron chi connectivity index (χ1n) is 6.54. The highest BCUT2D eigenvalue weighted by molar-refractivity contribution is 7.98. The zero-order chi connectivity index (χ0) is 14.5. The van der Waals surface area contributed by atoms with Crippen molar-refractivity contribution >= 4 is 29.4 Å². The zero-order valence-electron chi connectivity index (χ0n) is 11.3. The monoisotopic (exact) mass is 294 g/mol. The van der Waals surface area contributed by atoms with Gasteiger partial charge in [0.05, 0.1) is 5.92 Å². The molecule has 1 aromatic rings. The quantitative estimate of drug-likeness (QED) is 0.746. The van der Waals surface area contributed by atoms with Crippen molar-refractivity contribution < 1.29 is 14.7 Å². The van der Waals surface area contributed by atoms with E-state index in [4.69, 9.17) is 5.11 Å². The molecule has 0 radical (unpaired) electrons. The Morgan fingerprint density at radius 1 is 1.25 bits per heavy atom. The molecule has 0 aliphatic heterocycles. The fraction of sp³-hybridized carbons (Fsp3) is 0.429. The molecule has 1 aliphatic carbocycles. The summed E-state index contributed by atoms with van der Waals surface area (Å²) in [4.78, 5) is 24.0. The normalized spacial score (nSPS) is 21.4. The molecule has 108 valence electrons. The highest BCUT2D eigenvalue weighted by Gasteiger charge is 2.33.